The third kappa shape index (κ3) is 15.2. The molecule has 0 N–H and O–H groups in total. The molecule has 9 heteroatoms. The average Bonchev–Trinajstić information content (AvgIpc) is 1.55. The second-order valence-corrected chi connectivity index (χ2v) is 46.3. The first-order valence-electron chi connectivity index (χ1n) is 46.7. The summed E-state index contributed by atoms with van der Waals surface area (Å²) in [4.78, 5) is 8.24. The molecule has 24 rings (SSSR count). The average molecular weight is 1810 g/mol. The number of para-hydroxylation sites is 6. The van der Waals surface area contributed by atoms with E-state index in [4.69, 9.17) is 13.1 Å². The molecule has 24 aromatic rings. The summed E-state index contributed by atoms with van der Waals surface area (Å²) in [5, 5.41) is 33.1. The molecule has 3 aromatic heterocycles. The lowest BCUT2D eigenvalue weighted by Crippen LogP contribution is -2.74. The lowest BCUT2D eigenvalue weighted by molar-refractivity contribution is 1.18. The van der Waals surface area contributed by atoms with Crippen LogP contribution < -0.4 is 62.2 Å². The molecule has 0 spiro atoms. The van der Waals surface area contributed by atoms with E-state index in [1.165, 1.54) is 122 Å². The van der Waals surface area contributed by atoms with Crippen molar-refractivity contribution in [1.82, 2.24) is 13.7 Å². The Morgan fingerprint density at radius 3 is 0.826 bits per heavy atom. The van der Waals surface area contributed by atoms with Crippen LogP contribution in [0.1, 0.15) is 5.56 Å². The fourth-order valence-corrected chi connectivity index (χ4v) is 35.9. The van der Waals surface area contributed by atoms with Gasteiger partial charge < -0.3 is 13.7 Å². The number of fused-ring (bicyclic) bond motifs is 9. The molecule has 6 nitrogen and oxygen atoms in total. The van der Waals surface area contributed by atoms with Gasteiger partial charge in [-0.2, -0.15) is 5.26 Å². The van der Waals surface area contributed by atoms with Crippen molar-refractivity contribution in [3.05, 3.63) is 574 Å². The van der Waals surface area contributed by atoms with E-state index in [1.54, 1.807) is 0 Å². The lowest BCUT2D eigenvalue weighted by atomic mass is 10.00. The first-order valence-corrected chi connectivity index (χ1v) is 52.7. The normalized spacial score (nSPS) is 11.5. The van der Waals surface area contributed by atoms with Crippen LogP contribution in [0.2, 0.25) is 0 Å². The quantitative estimate of drug-likeness (QED) is 0.0480. The molecular weight excluding hydrogens is 1720 g/mol. The van der Waals surface area contributed by atoms with Crippen molar-refractivity contribution in [1.29, 1.82) is 5.26 Å². The highest BCUT2D eigenvalue weighted by Gasteiger charge is 2.45. The molecule has 0 aliphatic rings. The number of hydrogen-bond acceptors (Lipinski definition) is 1. The molecular formula is C129H90N6Si3. The molecule has 21 aromatic carbocycles. The van der Waals surface area contributed by atoms with Gasteiger partial charge in [-0.25, -0.2) is 9.69 Å². The summed E-state index contributed by atoms with van der Waals surface area (Å²) in [6, 6.07) is 197. The number of hydrogen-bond donors (Lipinski definition) is 0. The van der Waals surface area contributed by atoms with E-state index < -0.39 is 24.2 Å². The number of rotatable bonds is 18. The van der Waals surface area contributed by atoms with E-state index in [-0.39, 0.29) is 0 Å². The molecule has 0 aliphatic heterocycles. The zero-order valence-electron chi connectivity index (χ0n) is 75.6. The van der Waals surface area contributed by atoms with Gasteiger partial charge in [-0.3, -0.25) is 0 Å². The summed E-state index contributed by atoms with van der Waals surface area (Å²) in [6.45, 7) is 16.6. The molecule has 648 valence electrons. The van der Waals surface area contributed by atoms with Crippen LogP contribution in [0.5, 0.6) is 0 Å². The Morgan fingerprint density at radius 1 is 0.196 bits per heavy atom. The van der Waals surface area contributed by atoms with Gasteiger partial charge in [0.2, 0.25) is 0 Å². The molecule has 3 heterocycles. The Bertz CT molecular complexity index is 8240. The smallest absolute Gasteiger partial charge is 0.188 e. The zero-order chi connectivity index (χ0) is 92.8. The molecule has 0 bridgehead atoms. The largest absolute Gasteiger partial charge is 0.309 e. The van der Waals surface area contributed by atoms with E-state index in [2.05, 4.69) is 569 Å². The van der Waals surface area contributed by atoms with E-state index in [0.717, 1.165) is 55.6 Å². The molecule has 0 saturated carbocycles. The van der Waals surface area contributed by atoms with Crippen LogP contribution in [0, 0.1) is 24.5 Å². The third-order valence-electron chi connectivity index (χ3n) is 27.5. The number of nitriles is 1. The fourth-order valence-electron chi connectivity index (χ4n) is 21.5. The predicted octanol–water partition coefficient (Wildman–Crippen LogP) is 24.5. The Hall–Kier alpha value is -17.9. The van der Waals surface area contributed by atoms with Crippen LogP contribution >= 0.6 is 0 Å². The summed E-state index contributed by atoms with van der Waals surface area (Å²) >= 11 is 0. The van der Waals surface area contributed by atoms with Gasteiger partial charge in [0.15, 0.2) is 35.6 Å². The molecule has 0 amide bonds. The Labute approximate surface area is 807 Å². The Morgan fingerprint density at radius 2 is 0.493 bits per heavy atom. The van der Waals surface area contributed by atoms with Crippen molar-refractivity contribution in [2.75, 3.05) is 0 Å². The van der Waals surface area contributed by atoms with Crippen LogP contribution in [-0.4, -0.2) is 37.9 Å². The minimum atomic E-state index is -2.82. The highest BCUT2D eigenvalue weighted by Crippen LogP contribution is 2.39. The van der Waals surface area contributed by atoms with Gasteiger partial charge in [-0.1, -0.05) is 460 Å². The van der Waals surface area contributed by atoms with E-state index >= 15 is 0 Å². The van der Waals surface area contributed by atoms with Crippen molar-refractivity contribution in [3.63, 3.8) is 0 Å². The van der Waals surface area contributed by atoms with Crippen LogP contribution in [0.4, 0.5) is 11.4 Å². The molecule has 0 fully saturated rings. The first kappa shape index (κ1) is 85.6. The molecule has 138 heavy (non-hydrogen) atoms. The number of benzene rings is 21. The standard InChI is InChI=1S/3C43H30N2Si/c1-44-40-31-33(32-16-15-17-34(30-32)45-41-26-13-11-24-38(41)39-25-12-14-27-42(39)45)28-29-43(40)46(35-18-5-2-6-19-35,36-20-7-3-8-21-36)37-22-9-4-10-23-37;1-44-34-29-33(32-25-27-35(28-26-32)45-42-23-13-11-21-40(42)41-22-12-14-24-43(41)45)30-39(31-34)46(36-15-5-2-6-16-36,37-17-7-3-8-18-37)38-19-9-4-10-20-38;44-31-33-30-38(46(35-14-4-1-5-15-35,36-16-6-2-7-17-36)37-18-8-3-9-19-37)28-29-39(33)32-24-26-34(27-25-32)45-42-22-12-10-20-40(42)41-21-11-13-23-43(41)45/h2*2-31H;1-30H. The van der Waals surface area contributed by atoms with Crippen LogP contribution in [-0.2, 0) is 0 Å². The molecule has 0 unspecified atom stereocenters. The first-order chi connectivity index (χ1) is 68.3. The second-order valence-electron chi connectivity index (χ2n) is 34.9. The number of nitrogens with zero attached hydrogens (tertiary/aromatic N) is 6. The molecule has 0 saturated heterocycles. The second kappa shape index (κ2) is 37.7. The summed E-state index contributed by atoms with van der Waals surface area (Å²) in [7, 11) is -8.32. The lowest BCUT2D eigenvalue weighted by Gasteiger charge is -2.35. The zero-order valence-corrected chi connectivity index (χ0v) is 78.6. The summed E-state index contributed by atoms with van der Waals surface area (Å²) in [5.41, 5.74) is 18.7. The Kier molecular flexibility index (Phi) is 23.4. The SMILES string of the molecule is N#Cc1cc([Si](c2ccccc2)(c2ccccc2)c2ccccc2)ccc1-c1ccc(-n2c3ccccc3c3ccccc32)cc1.[C-]#[N+]c1cc(-c2ccc(-n3c4ccccc4c4ccccc43)cc2)cc([Si](c2ccccc2)(c2ccccc2)c2ccccc2)c1.[C-]#[N+]c1cc(-c2cccc(-n3c4ccccc4c4ccccc43)c2)ccc1[Si](c1ccccc1)(c1ccccc1)c1ccccc1. The van der Waals surface area contributed by atoms with Gasteiger partial charge in [0.25, 0.3) is 0 Å². The molecule has 0 aliphatic carbocycles. The predicted molar refractivity (Wildman–Crippen MR) is 587 cm³/mol. The maximum absolute atomic E-state index is 10.6. The van der Waals surface area contributed by atoms with E-state index in [0.29, 0.717) is 16.9 Å². The van der Waals surface area contributed by atoms with Crippen LogP contribution in [0.25, 0.3) is 126 Å². The van der Waals surface area contributed by atoms with Crippen molar-refractivity contribution >= 4 is 163 Å². The van der Waals surface area contributed by atoms with Crippen molar-refractivity contribution in [2.24, 2.45) is 0 Å². The van der Waals surface area contributed by atoms with Crippen molar-refractivity contribution in [3.8, 4) is 56.5 Å². The van der Waals surface area contributed by atoms with E-state index in [9.17, 15) is 5.26 Å². The minimum Gasteiger partial charge on any atom is -0.309 e. The summed E-state index contributed by atoms with van der Waals surface area (Å²) in [5.74, 6) is 0. The summed E-state index contributed by atoms with van der Waals surface area (Å²) in [6.07, 6.45) is 0. The van der Waals surface area contributed by atoms with E-state index in [1.807, 2.05) is 6.07 Å². The van der Waals surface area contributed by atoms with Crippen molar-refractivity contribution in [2.45, 2.75) is 0 Å². The summed E-state index contributed by atoms with van der Waals surface area (Å²) < 4.78 is 7.01. The van der Waals surface area contributed by atoms with Gasteiger partial charge in [0.05, 0.1) is 57.9 Å². The van der Waals surface area contributed by atoms with Gasteiger partial charge in [0.1, 0.15) is 0 Å². The highest BCUT2D eigenvalue weighted by molar-refractivity contribution is 7.21. The monoisotopic (exact) mass is 1810 g/mol. The van der Waals surface area contributed by atoms with Gasteiger partial charge >= 0.3 is 0 Å². The Balaban J connectivity index is 0.000000119. The van der Waals surface area contributed by atoms with Crippen LogP contribution in [0.15, 0.2) is 546 Å². The van der Waals surface area contributed by atoms with Gasteiger partial charge in [-0.05, 0) is 181 Å². The highest BCUT2D eigenvalue weighted by atomic mass is 28.3. The van der Waals surface area contributed by atoms with Crippen LogP contribution in [0.3, 0.4) is 0 Å². The van der Waals surface area contributed by atoms with Gasteiger partial charge in [-0.15, -0.1) is 0 Å². The fraction of sp³-hybridized carbons (Fsp3) is 0. The topological polar surface area (TPSA) is 47.3 Å². The van der Waals surface area contributed by atoms with Gasteiger partial charge in [0, 0.05) is 49.4 Å². The van der Waals surface area contributed by atoms with Crippen molar-refractivity contribution < 1.29 is 0 Å². The molecule has 0 radical (unpaired) electrons. The maximum atomic E-state index is 10.6. The minimum absolute atomic E-state index is 0.652. The number of aromatic nitrogens is 3. The molecule has 0 atom stereocenters. The third-order valence-corrected chi connectivity index (χ3v) is 41.9. The maximum Gasteiger partial charge on any atom is 0.188 e.